The maximum Gasteiger partial charge on any atom is 0.0408 e. The summed E-state index contributed by atoms with van der Waals surface area (Å²) in [5, 5.41) is 0.827. The Balaban J connectivity index is 2.12. The molecule has 2 N–H and O–H groups in total. The van der Waals surface area contributed by atoms with Gasteiger partial charge in [-0.05, 0) is 42.9 Å². The minimum Gasteiger partial charge on any atom is -0.328 e. The summed E-state index contributed by atoms with van der Waals surface area (Å²) >= 11 is 5.91. The van der Waals surface area contributed by atoms with E-state index in [1.807, 2.05) is 12.1 Å². The largest absolute Gasteiger partial charge is 0.328 e. The molecule has 0 bridgehead atoms. The van der Waals surface area contributed by atoms with Gasteiger partial charge < -0.3 is 5.73 Å². The molecule has 3 atom stereocenters. The molecule has 1 nitrogen and oxygen atoms in total. The first-order valence-corrected chi connectivity index (χ1v) is 5.07. The maximum atomic E-state index is 5.91. The van der Waals surface area contributed by atoms with Crippen molar-refractivity contribution in [3.8, 4) is 0 Å². The van der Waals surface area contributed by atoms with Crippen LogP contribution in [0.5, 0.6) is 0 Å². The Morgan fingerprint density at radius 2 is 2.31 bits per heavy atom. The van der Waals surface area contributed by atoms with E-state index in [9.17, 15) is 0 Å². The van der Waals surface area contributed by atoms with E-state index in [1.165, 1.54) is 12.0 Å². The van der Waals surface area contributed by atoms with E-state index in [4.69, 9.17) is 17.3 Å². The van der Waals surface area contributed by atoms with E-state index < -0.39 is 0 Å². The van der Waals surface area contributed by atoms with Crippen LogP contribution in [0, 0.1) is 5.92 Å². The minimum absolute atomic E-state index is 0.309. The molecule has 0 unspecified atom stereocenters. The minimum atomic E-state index is 0.309. The molecule has 1 aromatic carbocycles. The standard InChI is InChI=1S/C11H14ClN/c1-7(13)10-6-11(10)8-3-2-4-9(12)5-8/h2-5,7,10-11H,6,13H2,1H3/t7-,10+,11-/m0/s1. The third-order valence-corrected chi connectivity index (χ3v) is 3.03. The summed E-state index contributed by atoms with van der Waals surface area (Å²) in [7, 11) is 0. The van der Waals surface area contributed by atoms with Gasteiger partial charge in [-0.1, -0.05) is 23.7 Å². The Labute approximate surface area is 83.9 Å². The number of benzene rings is 1. The van der Waals surface area contributed by atoms with Crippen LogP contribution >= 0.6 is 11.6 Å². The smallest absolute Gasteiger partial charge is 0.0408 e. The second-order valence-electron chi connectivity index (χ2n) is 3.92. The number of hydrogen-bond acceptors (Lipinski definition) is 1. The van der Waals surface area contributed by atoms with Crippen LogP contribution in [0.3, 0.4) is 0 Å². The summed E-state index contributed by atoms with van der Waals surface area (Å²) in [6.45, 7) is 2.08. The van der Waals surface area contributed by atoms with E-state index in [-0.39, 0.29) is 0 Å². The summed E-state index contributed by atoms with van der Waals surface area (Å²) in [6.07, 6.45) is 1.22. The lowest BCUT2D eigenvalue weighted by atomic mass is 10.1. The first-order valence-electron chi connectivity index (χ1n) is 4.69. The van der Waals surface area contributed by atoms with Crippen molar-refractivity contribution in [3.05, 3.63) is 34.9 Å². The topological polar surface area (TPSA) is 26.0 Å². The molecule has 0 saturated heterocycles. The second kappa shape index (κ2) is 3.32. The van der Waals surface area contributed by atoms with Crippen LogP contribution in [0.4, 0.5) is 0 Å². The fourth-order valence-corrected chi connectivity index (χ4v) is 2.11. The summed E-state index contributed by atoms with van der Waals surface area (Å²) in [5.41, 5.74) is 7.17. The van der Waals surface area contributed by atoms with Crippen molar-refractivity contribution in [1.82, 2.24) is 0 Å². The van der Waals surface area contributed by atoms with E-state index in [0.717, 1.165) is 5.02 Å². The molecule has 2 heteroatoms. The van der Waals surface area contributed by atoms with Crippen LogP contribution in [0.25, 0.3) is 0 Å². The molecule has 0 spiro atoms. The molecular formula is C11H14ClN. The zero-order valence-corrected chi connectivity index (χ0v) is 8.46. The predicted molar refractivity (Wildman–Crippen MR) is 55.9 cm³/mol. The first kappa shape index (κ1) is 9.04. The normalized spacial score (nSPS) is 28.5. The molecular weight excluding hydrogens is 182 g/mol. The highest BCUT2D eigenvalue weighted by molar-refractivity contribution is 6.30. The third kappa shape index (κ3) is 1.87. The van der Waals surface area contributed by atoms with Gasteiger partial charge in [-0.15, -0.1) is 0 Å². The Hall–Kier alpha value is -0.530. The zero-order chi connectivity index (χ0) is 9.42. The van der Waals surface area contributed by atoms with E-state index in [2.05, 4.69) is 19.1 Å². The van der Waals surface area contributed by atoms with Gasteiger partial charge in [0.05, 0.1) is 0 Å². The molecule has 1 aliphatic carbocycles. The van der Waals surface area contributed by atoms with Gasteiger partial charge in [0, 0.05) is 11.1 Å². The van der Waals surface area contributed by atoms with Crippen LogP contribution in [0.2, 0.25) is 5.02 Å². The molecule has 0 aromatic heterocycles. The van der Waals surface area contributed by atoms with Crippen molar-refractivity contribution in [2.75, 3.05) is 0 Å². The van der Waals surface area contributed by atoms with Crippen molar-refractivity contribution < 1.29 is 0 Å². The van der Waals surface area contributed by atoms with Crippen LogP contribution in [0.15, 0.2) is 24.3 Å². The molecule has 1 aliphatic rings. The molecule has 0 aliphatic heterocycles. The average molecular weight is 196 g/mol. The SMILES string of the molecule is C[C@H](N)[C@H]1C[C@H]1c1cccc(Cl)c1. The molecule has 0 amide bonds. The van der Waals surface area contributed by atoms with E-state index in [0.29, 0.717) is 17.9 Å². The lowest BCUT2D eigenvalue weighted by Gasteiger charge is -2.03. The Kier molecular flexibility index (Phi) is 2.31. The summed E-state index contributed by atoms with van der Waals surface area (Å²) < 4.78 is 0. The number of rotatable bonds is 2. The number of nitrogens with two attached hydrogens (primary N) is 1. The van der Waals surface area contributed by atoms with Gasteiger partial charge in [0.25, 0.3) is 0 Å². The Morgan fingerprint density at radius 1 is 1.54 bits per heavy atom. The predicted octanol–water partition coefficient (Wildman–Crippen LogP) is 2.79. The highest BCUT2D eigenvalue weighted by Gasteiger charge is 2.40. The van der Waals surface area contributed by atoms with Gasteiger partial charge in [-0.25, -0.2) is 0 Å². The number of hydrogen-bond donors (Lipinski definition) is 1. The van der Waals surface area contributed by atoms with Crippen LogP contribution in [-0.4, -0.2) is 6.04 Å². The lowest BCUT2D eigenvalue weighted by molar-refractivity contribution is 0.631. The fourth-order valence-electron chi connectivity index (χ4n) is 1.92. The number of halogens is 1. The van der Waals surface area contributed by atoms with E-state index in [1.54, 1.807) is 0 Å². The zero-order valence-electron chi connectivity index (χ0n) is 7.70. The van der Waals surface area contributed by atoms with Gasteiger partial charge in [0.2, 0.25) is 0 Å². The summed E-state index contributed by atoms with van der Waals surface area (Å²) in [5.74, 6) is 1.32. The van der Waals surface area contributed by atoms with Crippen LogP contribution < -0.4 is 5.73 Å². The molecule has 2 rings (SSSR count). The third-order valence-electron chi connectivity index (χ3n) is 2.79. The fraction of sp³-hybridized carbons (Fsp3) is 0.455. The van der Waals surface area contributed by atoms with Crippen molar-refractivity contribution in [2.24, 2.45) is 11.7 Å². The molecule has 0 heterocycles. The molecule has 1 aromatic rings. The quantitative estimate of drug-likeness (QED) is 0.772. The van der Waals surface area contributed by atoms with Gasteiger partial charge in [0.15, 0.2) is 0 Å². The van der Waals surface area contributed by atoms with Crippen LogP contribution in [0.1, 0.15) is 24.8 Å². The molecule has 70 valence electrons. The Bertz CT molecular complexity index is 309. The highest BCUT2D eigenvalue weighted by atomic mass is 35.5. The summed E-state index contributed by atoms with van der Waals surface area (Å²) in [6, 6.07) is 8.42. The molecule has 1 fully saturated rings. The Morgan fingerprint density at radius 3 is 2.85 bits per heavy atom. The first-order chi connectivity index (χ1) is 6.18. The molecule has 0 radical (unpaired) electrons. The van der Waals surface area contributed by atoms with Gasteiger partial charge in [-0.2, -0.15) is 0 Å². The lowest BCUT2D eigenvalue weighted by Crippen LogP contribution is -2.17. The highest BCUT2D eigenvalue weighted by Crippen LogP contribution is 2.49. The van der Waals surface area contributed by atoms with Crippen molar-refractivity contribution in [2.45, 2.75) is 25.3 Å². The molecule has 13 heavy (non-hydrogen) atoms. The van der Waals surface area contributed by atoms with Gasteiger partial charge in [-0.3, -0.25) is 0 Å². The summed E-state index contributed by atoms with van der Waals surface area (Å²) in [4.78, 5) is 0. The average Bonchev–Trinajstić information content (AvgIpc) is 2.82. The van der Waals surface area contributed by atoms with Crippen molar-refractivity contribution in [3.63, 3.8) is 0 Å². The van der Waals surface area contributed by atoms with Crippen molar-refractivity contribution >= 4 is 11.6 Å². The monoisotopic (exact) mass is 195 g/mol. The second-order valence-corrected chi connectivity index (χ2v) is 4.36. The van der Waals surface area contributed by atoms with Gasteiger partial charge in [0.1, 0.15) is 0 Å². The maximum absolute atomic E-state index is 5.91. The van der Waals surface area contributed by atoms with Crippen LogP contribution in [-0.2, 0) is 0 Å². The van der Waals surface area contributed by atoms with Gasteiger partial charge >= 0.3 is 0 Å². The molecule has 1 saturated carbocycles. The van der Waals surface area contributed by atoms with Crippen molar-refractivity contribution in [1.29, 1.82) is 0 Å². The van der Waals surface area contributed by atoms with E-state index >= 15 is 0 Å².